The van der Waals surface area contributed by atoms with Gasteiger partial charge in [0.15, 0.2) is 0 Å². The monoisotopic (exact) mass is 225 g/mol. The molecule has 0 spiro atoms. The van der Waals surface area contributed by atoms with Gasteiger partial charge in [0.1, 0.15) is 0 Å². The molecule has 0 aromatic heterocycles. The molecular weight excluding hydrogens is 204 g/mol. The van der Waals surface area contributed by atoms with E-state index in [-0.39, 0.29) is 18.9 Å². The fourth-order valence-electron chi connectivity index (χ4n) is 1.00. The second-order valence-electron chi connectivity index (χ2n) is 2.95. The molecule has 3 nitrogen and oxygen atoms in total. The number of carbonyl (C=O) groups excluding carboxylic acids is 1. The van der Waals surface area contributed by atoms with E-state index >= 15 is 0 Å². The van der Waals surface area contributed by atoms with Crippen LogP contribution in [0.2, 0.25) is 0 Å². The van der Waals surface area contributed by atoms with Crippen LogP contribution in [0.3, 0.4) is 0 Å². The first kappa shape index (κ1) is 16.7. The molecule has 5 heteroatoms. The summed E-state index contributed by atoms with van der Waals surface area (Å²) in [7, 11) is 3.25. The third-order valence-electron chi connectivity index (χ3n) is 1.61. The van der Waals surface area contributed by atoms with Crippen molar-refractivity contribution in [1.29, 1.82) is 0 Å². The maximum Gasteiger partial charge on any atom is 0.267 e. The Morgan fingerprint density at radius 1 is 1.33 bits per heavy atom. The normalized spacial score (nSPS) is 17.1. The van der Waals surface area contributed by atoms with Crippen molar-refractivity contribution in [2.24, 2.45) is 0 Å². The average molecular weight is 225 g/mol. The first-order chi connectivity index (χ1) is 6.93. The molecule has 0 aromatic rings. The summed E-state index contributed by atoms with van der Waals surface area (Å²) in [6.07, 6.45) is -0.188. The molecule has 1 amide bonds. The summed E-state index contributed by atoms with van der Waals surface area (Å²) < 4.78 is 29.0. The lowest BCUT2D eigenvalue weighted by Gasteiger charge is -2.12. The van der Waals surface area contributed by atoms with E-state index in [4.69, 9.17) is 0 Å². The number of carbonyl (C=O) groups is 1. The van der Waals surface area contributed by atoms with Crippen LogP contribution in [0.5, 0.6) is 0 Å². The van der Waals surface area contributed by atoms with Crippen LogP contribution in [0.1, 0.15) is 27.2 Å². The third kappa shape index (κ3) is 8.30. The van der Waals surface area contributed by atoms with E-state index in [1.165, 1.54) is 11.8 Å². The number of nitrogens with zero attached hydrogens (tertiary/aromatic N) is 1. The van der Waals surface area contributed by atoms with Gasteiger partial charge in [-0.1, -0.05) is 13.8 Å². The van der Waals surface area contributed by atoms with Crippen molar-refractivity contribution in [3.8, 4) is 0 Å². The highest BCUT2D eigenvalue weighted by molar-refractivity contribution is 5.73. The molecule has 92 valence electrons. The lowest BCUT2D eigenvalue weighted by molar-refractivity contribution is -0.129. The Bertz CT molecular complexity index is 175. The molecule has 0 N–H and O–H groups in total. The van der Waals surface area contributed by atoms with Gasteiger partial charge in [0, 0.05) is 34.1 Å². The number of likely N-dealkylation sites (tertiary alicyclic amines) is 1. The number of hydrogen-bond acceptors (Lipinski definition) is 2. The minimum Gasteiger partial charge on any atom is -0.388 e. The van der Waals surface area contributed by atoms with Crippen molar-refractivity contribution >= 4 is 5.91 Å². The molecule has 0 bridgehead atoms. The maximum atomic E-state index is 12.4. The van der Waals surface area contributed by atoms with Gasteiger partial charge in [-0.25, -0.2) is 8.78 Å². The number of rotatable bonds is 0. The van der Waals surface area contributed by atoms with Crippen molar-refractivity contribution in [2.45, 2.75) is 33.1 Å². The summed E-state index contributed by atoms with van der Waals surface area (Å²) in [4.78, 5) is 11.7. The van der Waals surface area contributed by atoms with Crippen LogP contribution >= 0.6 is 0 Å². The van der Waals surface area contributed by atoms with Crippen LogP contribution in [0.4, 0.5) is 8.78 Å². The van der Waals surface area contributed by atoms with E-state index in [1.807, 2.05) is 13.8 Å². The summed E-state index contributed by atoms with van der Waals surface area (Å²) in [5.74, 6) is -2.91. The second kappa shape index (κ2) is 8.59. The van der Waals surface area contributed by atoms with Gasteiger partial charge >= 0.3 is 0 Å². The number of hydrogen-bond donors (Lipinski definition) is 0. The van der Waals surface area contributed by atoms with Crippen LogP contribution < -0.4 is 0 Å². The zero-order chi connectivity index (χ0) is 12.5. The average Bonchev–Trinajstić information content (AvgIpc) is 2.51. The molecule has 1 saturated heterocycles. The van der Waals surface area contributed by atoms with Crippen LogP contribution in [-0.2, 0) is 9.53 Å². The van der Waals surface area contributed by atoms with Crippen molar-refractivity contribution in [3.63, 3.8) is 0 Å². The van der Waals surface area contributed by atoms with E-state index in [2.05, 4.69) is 4.74 Å². The fraction of sp³-hybridized carbons (Fsp3) is 0.900. The summed E-state index contributed by atoms with van der Waals surface area (Å²) in [5.41, 5.74) is 0. The Morgan fingerprint density at radius 2 is 1.73 bits per heavy atom. The Morgan fingerprint density at radius 3 is 1.87 bits per heavy atom. The van der Waals surface area contributed by atoms with Crippen LogP contribution in [-0.4, -0.2) is 44.0 Å². The SMILES string of the molecule is CC.CC(=O)N1CCC(F)(F)C1.COC. The molecule has 0 atom stereocenters. The summed E-state index contributed by atoms with van der Waals surface area (Å²) in [6.45, 7) is 5.10. The standard InChI is InChI=1S/C6H9F2NO.C2H6O.C2H6/c1-5(10)9-3-2-6(7,8)4-9;1-3-2;1-2/h2-4H2,1H3;1-2H3;1-2H3. The quantitative estimate of drug-likeness (QED) is 0.632. The molecule has 0 aliphatic carbocycles. The van der Waals surface area contributed by atoms with E-state index in [9.17, 15) is 13.6 Å². The molecule has 0 unspecified atom stereocenters. The smallest absolute Gasteiger partial charge is 0.267 e. The van der Waals surface area contributed by atoms with Crippen molar-refractivity contribution < 1.29 is 18.3 Å². The van der Waals surface area contributed by atoms with Gasteiger partial charge in [0.05, 0.1) is 6.54 Å². The topological polar surface area (TPSA) is 29.5 Å². The highest BCUT2D eigenvalue weighted by Gasteiger charge is 2.39. The minimum absolute atomic E-state index is 0.188. The maximum absolute atomic E-state index is 12.4. The second-order valence-corrected chi connectivity index (χ2v) is 2.95. The van der Waals surface area contributed by atoms with Gasteiger partial charge < -0.3 is 9.64 Å². The van der Waals surface area contributed by atoms with Gasteiger partial charge in [0.25, 0.3) is 5.92 Å². The molecule has 0 radical (unpaired) electrons. The Hall–Kier alpha value is -0.710. The highest BCUT2D eigenvalue weighted by atomic mass is 19.3. The molecule has 1 heterocycles. The Balaban J connectivity index is 0. The first-order valence-electron chi connectivity index (χ1n) is 4.96. The summed E-state index contributed by atoms with van der Waals surface area (Å²) in [5, 5.41) is 0. The first-order valence-corrected chi connectivity index (χ1v) is 4.96. The van der Waals surface area contributed by atoms with Gasteiger partial charge in [-0.15, -0.1) is 0 Å². The van der Waals surface area contributed by atoms with Crippen molar-refractivity contribution in [3.05, 3.63) is 0 Å². The summed E-state index contributed by atoms with van der Waals surface area (Å²) in [6, 6.07) is 0. The molecule has 1 fully saturated rings. The molecule has 1 aliphatic rings. The van der Waals surface area contributed by atoms with E-state index in [0.29, 0.717) is 0 Å². The van der Waals surface area contributed by atoms with E-state index in [1.54, 1.807) is 14.2 Å². The Labute approximate surface area is 90.4 Å². The highest BCUT2D eigenvalue weighted by Crippen LogP contribution is 2.26. The molecule has 15 heavy (non-hydrogen) atoms. The minimum atomic E-state index is -2.65. The van der Waals surface area contributed by atoms with Gasteiger partial charge in [-0.3, -0.25) is 4.79 Å². The largest absolute Gasteiger partial charge is 0.388 e. The van der Waals surface area contributed by atoms with Gasteiger partial charge in [0.2, 0.25) is 5.91 Å². The number of halogens is 2. The Kier molecular flexibility index (Phi) is 9.57. The molecule has 0 aromatic carbocycles. The van der Waals surface area contributed by atoms with E-state index < -0.39 is 12.5 Å². The van der Waals surface area contributed by atoms with Gasteiger partial charge in [-0.2, -0.15) is 0 Å². The predicted molar refractivity (Wildman–Crippen MR) is 56.1 cm³/mol. The fourth-order valence-corrected chi connectivity index (χ4v) is 1.00. The van der Waals surface area contributed by atoms with Crippen molar-refractivity contribution in [1.82, 2.24) is 4.90 Å². The van der Waals surface area contributed by atoms with Crippen molar-refractivity contribution in [2.75, 3.05) is 27.3 Å². The third-order valence-corrected chi connectivity index (χ3v) is 1.61. The lowest BCUT2D eigenvalue weighted by atomic mass is 10.3. The molecular formula is C10H21F2NO2. The summed E-state index contributed by atoms with van der Waals surface area (Å²) >= 11 is 0. The number of ether oxygens (including phenoxy) is 1. The zero-order valence-electron chi connectivity index (χ0n) is 10.1. The number of alkyl halides is 2. The van der Waals surface area contributed by atoms with E-state index in [0.717, 1.165) is 0 Å². The lowest BCUT2D eigenvalue weighted by Crippen LogP contribution is -2.29. The molecule has 1 aliphatic heterocycles. The number of methoxy groups -OCH3 is 1. The molecule has 1 rings (SSSR count). The van der Waals surface area contributed by atoms with Crippen LogP contribution in [0.25, 0.3) is 0 Å². The predicted octanol–water partition coefficient (Wildman–Crippen LogP) is 2.16. The van der Waals surface area contributed by atoms with Crippen LogP contribution in [0.15, 0.2) is 0 Å². The molecule has 0 saturated carbocycles. The number of amides is 1. The van der Waals surface area contributed by atoms with Gasteiger partial charge in [-0.05, 0) is 0 Å². The zero-order valence-corrected chi connectivity index (χ0v) is 10.1. The van der Waals surface area contributed by atoms with Crippen LogP contribution in [0, 0.1) is 0 Å².